The Morgan fingerprint density at radius 3 is 2.56 bits per heavy atom. The van der Waals surface area contributed by atoms with Crippen LogP contribution in [-0.2, 0) is 10.0 Å². The molecule has 1 aliphatic rings. The molecule has 0 amide bonds. The lowest BCUT2D eigenvalue weighted by molar-refractivity contribution is 0.0334. The number of hydrogen-bond donors (Lipinski definition) is 1. The maximum atomic E-state index is 12.2. The molecule has 0 atom stereocenters. The Balaban J connectivity index is 2.15. The zero-order valence-electron chi connectivity index (χ0n) is 10.1. The van der Waals surface area contributed by atoms with Crippen molar-refractivity contribution in [3.63, 3.8) is 0 Å². The highest BCUT2D eigenvalue weighted by Crippen LogP contribution is 2.33. The number of hydrogen-bond acceptors (Lipinski definition) is 4. The molecule has 1 fully saturated rings. The van der Waals surface area contributed by atoms with Gasteiger partial charge in [0.2, 0.25) is 0 Å². The Bertz CT molecular complexity index is 520. The first-order valence-electron chi connectivity index (χ1n) is 5.78. The molecule has 7 heteroatoms. The number of nitrogens with zero attached hydrogens (tertiary/aromatic N) is 1. The third-order valence-electron chi connectivity index (χ3n) is 3.26. The topological polar surface area (TPSA) is 57.6 Å². The Morgan fingerprint density at radius 1 is 1.44 bits per heavy atom. The fourth-order valence-electron chi connectivity index (χ4n) is 2.28. The number of sulfonamides is 1. The van der Waals surface area contributed by atoms with Crippen molar-refractivity contribution < 1.29 is 13.5 Å². The van der Waals surface area contributed by atoms with Crippen LogP contribution in [0, 0.1) is 0 Å². The first-order valence-corrected chi connectivity index (χ1v) is 8.41. The van der Waals surface area contributed by atoms with Gasteiger partial charge < -0.3 is 5.11 Å². The summed E-state index contributed by atoms with van der Waals surface area (Å²) in [6, 6.07) is 3.06. The van der Waals surface area contributed by atoms with E-state index in [4.69, 9.17) is 11.6 Å². The monoisotopic (exact) mass is 309 g/mol. The van der Waals surface area contributed by atoms with Gasteiger partial charge in [-0.2, -0.15) is 4.31 Å². The molecule has 0 spiro atoms. The van der Waals surface area contributed by atoms with E-state index >= 15 is 0 Å². The molecule has 102 valence electrons. The Kier molecular flexibility index (Phi) is 4.04. The minimum atomic E-state index is -3.54. The van der Waals surface area contributed by atoms with E-state index in [1.807, 2.05) is 0 Å². The molecule has 0 saturated heterocycles. The summed E-state index contributed by atoms with van der Waals surface area (Å²) in [4.78, 5) is 0. The molecule has 0 bridgehead atoms. The van der Waals surface area contributed by atoms with Gasteiger partial charge in [-0.05, 0) is 25.0 Å². The fourth-order valence-corrected chi connectivity index (χ4v) is 5.22. The van der Waals surface area contributed by atoms with Crippen LogP contribution >= 0.6 is 22.9 Å². The van der Waals surface area contributed by atoms with E-state index in [1.165, 1.54) is 17.4 Å². The van der Waals surface area contributed by atoms with E-state index in [1.54, 1.807) is 6.07 Å². The average Bonchev–Trinajstić information content (AvgIpc) is 2.87. The van der Waals surface area contributed by atoms with Crippen molar-refractivity contribution >= 4 is 33.0 Å². The van der Waals surface area contributed by atoms with Crippen LogP contribution in [0.4, 0.5) is 0 Å². The van der Waals surface area contributed by atoms with Gasteiger partial charge in [0.15, 0.2) is 0 Å². The lowest BCUT2D eigenvalue weighted by atomic mass is 10.0. The second kappa shape index (κ2) is 5.09. The number of rotatable bonds is 4. The molecule has 0 aliphatic heterocycles. The van der Waals surface area contributed by atoms with Crippen molar-refractivity contribution in [1.29, 1.82) is 0 Å². The molecule has 1 aromatic heterocycles. The maximum Gasteiger partial charge on any atom is 0.252 e. The van der Waals surface area contributed by atoms with Gasteiger partial charge in [0, 0.05) is 13.6 Å². The summed E-state index contributed by atoms with van der Waals surface area (Å²) in [5.74, 6) is 0. The molecule has 1 N–H and O–H groups in total. The molecule has 0 unspecified atom stereocenters. The van der Waals surface area contributed by atoms with Gasteiger partial charge in [-0.3, -0.25) is 0 Å². The van der Waals surface area contributed by atoms with Crippen molar-refractivity contribution in [2.45, 2.75) is 35.5 Å². The molecule has 1 aliphatic carbocycles. The van der Waals surface area contributed by atoms with Crippen LogP contribution in [0.5, 0.6) is 0 Å². The van der Waals surface area contributed by atoms with E-state index < -0.39 is 15.6 Å². The van der Waals surface area contributed by atoms with Crippen molar-refractivity contribution in [2.24, 2.45) is 0 Å². The van der Waals surface area contributed by atoms with Crippen molar-refractivity contribution in [2.75, 3.05) is 13.6 Å². The maximum absolute atomic E-state index is 12.2. The molecule has 4 nitrogen and oxygen atoms in total. The van der Waals surface area contributed by atoms with Gasteiger partial charge in [-0.25, -0.2) is 8.42 Å². The zero-order chi connectivity index (χ0) is 13.4. The summed E-state index contributed by atoms with van der Waals surface area (Å²) >= 11 is 6.79. The van der Waals surface area contributed by atoms with Crippen LogP contribution in [0.25, 0.3) is 0 Å². The largest absolute Gasteiger partial charge is 0.389 e. The van der Waals surface area contributed by atoms with Crippen LogP contribution in [0.1, 0.15) is 25.7 Å². The summed E-state index contributed by atoms with van der Waals surface area (Å²) < 4.78 is 26.4. The summed E-state index contributed by atoms with van der Waals surface area (Å²) in [6.07, 6.45) is 3.24. The highest BCUT2D eigenvalue weighted by molar-refractivity contribution is 7.91. The van der Waals surface area contributed by atoms with Crippen LogP contribution in [0.15, 0.2) is 16.3 Å². The molecule has 2 rings (SSSR count). The predicted octanol–water partition coefficient (Wildman–Crippen LogP) is 2.33. The molecule has 1 heterocycles. The van der Waals surface area contributed by atoms with E-state index in [-0.39, 0.29) is 10.8 Å². The van der Waals surface area contributed by atoms with E-state index in [0.29, 0.717) is 17.2 Å². The lowest BCUT2D eigenvalue weighted by Crippen LogP contribution is -2.41. The Morgan fingerprint density at radius 2 is 2.06 bits per heavy atom. The normalized spacial score (nSPS) is 19.6. The van der Waals surface area contributed by atoms with Crippen LogP contribution < -0.4 is 0 Å². The molecule has 0 aromatic carbocycles. The number of halogens is 1. The van der Waals surface area contributed by atoms with E-state index in [0.717, 1.165) is 24.2 Å². The van der Waals surface area contributed by atoms with Gasteiger partial charge in [0.25, 0.3) is 10.0 Å². The third kappa shape index (κ3) is 2.88. The van der Waals surface area contributed by atoms with Gasteiger partial charge >= 0.3 is 0 Å². The lowest BCUT2D eigenvalue weighted by Gasteiger charge is -2.27. The van der Waals surface area contributed by atoms with Crippen molar-refractivity contribution in [3.8, 4) is 0 Å². The number of thiophene rings is 1. The third-order valence-corrected chi connectivity index (χ3v) is 6.77. The Labute approximate surface area is 116 Å². The average molecular weight is 310 g/mol. The van der Waals surface area contributed by atoms with Gasteiger partial charge in [0.1, 0.15) is 4.21 Å². The standard InChI is InChI=1S/C11H16ClNO3S2/c1-13(8-11(14)6-2-3-7-11)18(15,16)10-5-4-9(12)17-10/h4-5,14H,2-3,6-8H2,1H3. The zero-order valence-corrected chi connectivity index (χ0v) is 12.5. The van der Waals surface area contributed by atoms with Crippen molar-refractivity contribution in [3.05, 3.63) is 16.5 Å². The smallest absolute Gasteiger partial charge is 0.252 e. The van der Waals surface area contributed by atoms with Gasteiger partial charge in [-0.15, -0.1) is 11.3 Å². The molecule has 1 saturated carbocycles. The molecule has 18 heavy (non-hydrogen) atoms. The summed E-state index contributed by atoms with van der Waals surface area (Å²) in [7, 11) is -2.04. The quantitative estimate of drug-likeness (QED) is 0.928. The van der Waals surface area contributed by atoms with Crippen LogP contribution in [-0.4, -0.2) is 37.0 Å². The second-order valence-electron chi connectivity index (χ2n) is 4.75. The van der Waals surface area contributed by atoms with E-state index in [2.05, 4.69) is 0 Å². The highest BCUT2D eigenvalue weighted by Gasteiger charge is 2.36. The molecular formula is C11H16ClNO3S2. The Hall–Kier alpha value is -0.140. The highest BCUT2D eigenvalue weighted by atomic mass is 35.5. The number of likely N-dealkylation sites (N-methyl/N-ethyl adjacent to an activating group) is 1. The first kappa shape index (κ1) is 14.3. The summed E-state index contributed by atoms with van der Waals surface area (Å²) in [5, 5.41) is 10.2. The molecule has 0 radical (unpaired) electrons. The fraction of sp³-hybridized carbons (Fsp3) is 0.636. The second-order valence-corrected chi connectivity index (χ2v) is 8.74. The number of aliphatic hydroxyl groups is 1. The van der Waals surface area contributed by atoms with Crippen LogP contribution in [0.3, 0.4) is 0 Å². The van der Waals surface area contributed by atoms with E-state index in [9.17, 15) is 13.5 Å². The summed E-state index contributed by atoms with van der Waals surface area (Å²) in [5.41, 5.74) is -0.872. The van der Waals surface area contributed by atoms with Crippen LogP contribution in [0.2, 0.25) is 4.34 Å². The van der Waals surface area contributed by atoms with Gasteiger partial charge in [-0.1, -0.05) is 24.4 Å². The SMILES string of the molecule is CN(CC1(O)CCCC1)S(=O)(=O)c1ccc(Cl)s1. The predicted molar refractivity (Wildman–Crippen MR) is 72.6 cm³/mol. The summed E-state index contributed by atoms with van der Waals surface area (Å²) in [6.45, 7) is 0.144. The minimum Gasteiger partial charge on any atom is -0.389 e. The molecular weight excluding hydrogens is 294 g/mol. The minimum absolute atomic E-state index is 0.144. The van der Waals surface area contributed by atoms with Gasteiger partial charge in [0.05, 0.1) is 9.94 Å². The molecule has 1 aromatic rings. The first-order chi connectivity index (χ1) is 8.33. The van der Waals surface area contributed by atoms with Crippen molar-refractivity contribution in [1.82, 2.24) is 4.31 Å².